The van der Waals surface area contributed by atoms with Gasteiger partial charge in [0.25, 0.3) is 0 Å². The molecule has 4 heteroatoms. The van der Waals surface area contributed by atoms with Gasteiger partial charge >= 0.3 is 0 Å². The summed E-state index contributed by atoms with van der Waals surface area (Å²) in [4.78, 5) is 12.7. The van der Waals surface area contributed by atoms with Gasteiger partial charge in [0, 0.05) is 43.3 Å². The van der Waals surface area contributed by atoms with Gasteiger partial charge in [0.2, 0.25) is 0 Å². The van der Waals surface area contributed by atoms with Crippen molar-refractivity contribution in [1.82, 2.24) is 20.3 Å². The Morgan fingerprint density at radius 1 is 1.12 bits per heavy atom. The van der Waals surface area contributed by atoms with Crippen molar-refractivity contribution in [2.24, 2.45) is 0 Å². The molecular formula is C12H14N4. The second-order valence-corrected chi connectivity index (χ2v) is 3.58. The van der Waals surface area contributed by atoms with Gasteiger partial charge in [0.05, 0.1) is 0 Å². The zero-order valence-electron chi connectivity index (χ0n) is 9.22. The molecule has 0 unspecified atom stereocenters. The van der Waals surface area contributed by atoms with Gasteiger partial charge in [-0.25, -0.2) is 9.97 Å². The smallest absolute Gasteiger partial charge is 0.132 e. The molecule has 0 aliphatic rings. The molecule has 16 heavy (non-hydrogen) atoms. The van der Waals surface area contributed by atoms with Crippen LogP contribution in [0.1, 0.15) is 17.0 Å². The van der Waals surface area contributed by atoms with Crippen molar-refractivity contribution in [1.29, 1.82) is 0 Å². The first-order valence-corrected chi connectivity index (χ1v) is 5.22. The van der Waals surface area contributed by atoms with Gasteiger partial charge in [0.1, 0.15) is 5.82 Å². The molecule has 82 valence electrons. The van der Waals surface area contributed by atoms with E-state index >= 15 is 0 Å². The summed E-state index contributed by atoms with van der Waals surface area (Å²) in [6, 6.07) is 3.95. The summed E-state index contributed by atoms with van der Waals surface area (Å²) in [7, 11) is 1.91. The summed E-state index contributed by atoms with van der Waals surface area (Å²) in [6.07, 6.45) is 8.04. The molecule has 4 nitrogen and oxygen atoms in total. The first-order chi connectivity index (χ1) is 7.88. The Bertz CT molecular complexity index is 425. The van der Waals surface area contributed by atoms with Crippen LogP contribution in [0, 0.1) is 0 Å². The highest BCUT2D eigenvalue weighted by atomic mass is 14.9. The number of hydrogen-bond donors (Lipinski definition) is 1. The van der Waals surface area contributed by atoms with Crippen LogP contribution >= 0.6 is 0 Å². The Hall–Kier alpha value is -1.81. The molecule has 2 heterocycles. The zero-order valence-corrected chi connectivity index (χ0v) is 9.22. The van der Waals surface area contributed by atoms with Gasteiger partial charge in [0.15, 0.2) is 0 Å². The third-order valence-corrected chi connectivity index (χ3v) is 2.22. The molecule has 0 saturated heterocycles. The van der Waals surface area contributed by atoms with Gasteiger partial charge in [-0.1, -0.05) is 6.07 Å². The van der Waals surface area contributed by atoms with Crippen LogP contribution in [0.25, 0.3) is 0 Å². The van der Waals surface area contributed by atoms with Crippen LogP contribution < -0.4 is 5.32 Å². The van der Waals surface area contributed by atoms with Crippen molar-refractivity contribution in [2.75, 3.05) is 7.05 Å². The molecule has 0 aliphatic heterocycles. The second kappa shape index (κ2) is 5.32. The minimum absolute atomic E-state index is 0.730. The molecule has 1 N–H and O–H groups in total. The van der Waals surface area contributed by atoms with E-state index in [9.17, 15) is 0 Å². The summed E-state index contributed by atoms with van der Waals surface area (Å²) >= 11 is 0. The van der Waals surface area contributed by atoms with E-state index in [4.69, 9.17) is 0 Å². The number of nitrogens with one attached hydrogen (secondary N) is 1. The molecule has 0 aromatic carbocycles. The first kappa shape index (κ1) is 10.7. The van der Waals surface area contributed by atoms with Crippen LogP contribution in [0.5, 0.6) is 0 Å². The van der Waals surface area contributed by atoms with Gasteiger partial charge in [-0.15, -0.1) is 0 Å². The summed E-state index contributed by atoms with van der Waals surface area (Å²) in [5.74, 6) is 0.827. The Kier molecular flexibility index (Phi) is 3.56. The van der Waals surface area contributed by atoms with Crippen LogP contribution in [0.3, 0.4) is 0 Å². The lowest BCUT2D eigenvalue weighted by Crippen LogP contribution is -2.07. The van der Waals surface area contributed by atoms with E-state index in [1.165, 1.54) is 0 Å². The highest BCUT2D eigenvalue weighted by Gasteiger charge is 1.99. The molecule has 0 radical (unpaired) electrons. The predicted molar refractivity (Wildman–Crippen MR) is 61.8 cm³/mol. The van der Waals surface area contributed by atoms with Crippen LogP contribution in [0.15, 0.2) is 36.9 Å². The number of pyridine rings is 1. The maximum Gasteiger partial charge on any atom is 0.132 e. The van der Waals surface area contributed by atoms with E-state index in [-0.39, 0.29) is 0 Å². The number of aromatic nitrogens is 3. The van der Waals surface area contributed by atoms with E-state index in [0.29, 0.717) is 0 Å². The Balaban J connectivity index is 2.05. The third-order valence-electron chi connectivity index (χ3n) is 2.22. The largest absolute Gasteiger partial charge is 0.316 e. The molecule has 0 atom stereocenters. The van der Waals surface area contributed by atoms with Crippen LogP contribution in [0.4, 0.5) is 0 Å². The maximum absolute atomic E-state index is 4.31. The van der Waals surface area contributed by atoms with E-state index in [1.54, 1.807) is 6.20 Å². The summed E-state index contributed by atoms with van der Waals surface area (Å²) < 4.78 is 0. The van der Waals surface area contributed by atoms with E-state index < -0.39 is 0 Å². The quantitative estimate of drug-likeness (QED) is 0.830. The van der Waals surface area contributed by atoms with E-state index in [1.807, 2.05) is 37.8 Å². The Labute approximate surface area is 94.8 Å². The standard InChI is InChI=1S/C12H14N4/c1-13-6-11-8-15-12(16-9-11)5-10-3-2-4-14-7-10/h2-4,7-9,13H,5-6H2,1H3. The second-order valence-electron chi connectivity index (χ2n) is 3.58. The van der Waals surface area contributed by atoms with Crippen molar-refractivity contribution in [2.45, 2.75) is 13.0 Å². The number of hydrogen-bond acceptors (Lipinski definition) is 4. The molecule has 2 aromatic heterocycles. The normalized spacial score (nSPS) is 10.3. The van der Waals surface area contributed by atoms with Crippen molar-refractivity contribution in [3.05, 3.63) is 53.9 Å². The van der Waals surface area contributed by atoms with Gasteiger partial charge < -0.3 is 5.32 Å². The van der Waals surface area contributed by atoms with Crippen molar-refractivity contribution in [3.8, 4) is 0 Å². The monoisotopic (exact) mass is 214 g/mol. The molecule has 0 aliphatic carbocycles. The fourth-order valence-electron chi connectivity index (χ4n) is 1.45. The number of rotatable bonds is 4. The van der Waals surface area contributed by atoms with Gasteiger partial charge in [-0.3, -0.25) is 4.98 Å². The molecule has 0 spiro atoms. The topological polar surface area (TPSA) is 50.7 Å². The molecule has 0 bridgehead atoms. The predicted octanol–water partition coefficient (Wildman–Crippen LogP) is 1.18. The fourth-order valence-corrected chi connectivity index (χ4v) is 1.45. The lowest BCUT2D eigenvalue weighted by molar-refractivity contribution is 0.798. The fraction of sp³-hybridized carbons (Fsp3) is 0.250. The molecule has 0 amide bonds. The highest BCUT2D eigenvalue weighted by molar-refractivity contribution is 5.15. The highest BCUT2D eigenvalue weighted by Crippen LogP contribution is 2.03. The number of nitrogens with zero attached hydrogens (tertiary/aromatic N) is 3. The van der Waals surface area contributed by atoms with E-state index in [2.05, 4.69) is 20.3 Å². The Morgan fingerprint density at radius 2 is 1.94 bits per heavy atom. The summed E-state index contributed by atoms with van der Waals surface area (Å²) in [5.41, 5.74) is 2.22. The minimum atomic E-state index is 0.730. The minimum Gasteiger partial charge on any atom is -0.316 e. The third kappa shape index (κ3) is 2.84. The van der Waals surface area contributed by atoms with Crippen LogP contribution in [-0.4, -0.2) is 22.0 Å². The summed E-state index contributed by atoms with van der Waals surface area (Å²) in [5, 5.41) is 3.06. The average Bonchev–Trinajstić information content (AvgIpc) is 2.33. The van der Waals surface area contributed by atoms with Gasteiger partial charge in [-0.2, -0.15) is 0 Å². The van der Waals surface area contributed by atoms with Crippen molar-refractivity contribution < 1.29 is 0 Å². The first-order valence-electron chi connectivity index (χ1n) is 5.22. The zero-order chi connectivity index (χ0) is 11.2. The molecule has 0 fully saturated rings. The van der Waals surface area contributed by atoms with Crippen molar-refractivity contribution >= 4 is 0 Å². The Morgan fingerprint density at radius 3 is 2.56 bits per heavy atom. The lowest BCUT2D eigenvalue weighted by atomic mass is 10.2. The average molecular weight is 214 g/mol. The molecule has 2 aromatic rings. The van der Waals surface area contributed by atoms with Crippen molar-refractivity contribution in [3.63, 3.8) is 0 Å². The lowest BCUT2D eigenvalue weighted by Gasteiger charge is -2.02. The molecule has 0 saturated carbocycles. The van der Waals surface area contributed by atoms with E-state index in [0.717, 1.165) is 29.9 Å². The molecule has 2 rings (SSSR count). The SMILES string of the molecule is CNCc1cnc(Cc2cccnc2)nc1. The maximum atomic E-state index is 4.31. The summed E-state index contributed by atoms with van der Waals surface area (Å²) in [6.45, 7) is 0.799. The van der Waals surface area contributed by atoms with Gasteiger partial charge in [-0.05, 0) is 18.7 Å². The van der Waals surface area contributed by atoms with Crippen LogP contribution in [0.2, 0.25) is 0 Å². The molecular weight excluding hydrogens is 200 g/mol. The van der Waals surface area contributed by atoms with Crippen LogP contribution in [-0.2, 0) is 13.0 Å².